The molecule has 4 aromatic rings. The molecule has 2 aromatic heterocycles. The molecule has 0 spiro atoms. The molecule has 8 nitrogen and oxygen atoms in total. The lowest BCUT2D eigenvalue weighted by molar-refractivity contribution is -0.116. The van der Waals surface area contributed by atoms with Crippen LogP contribution in [-0.2, 0) is 16.1 Å². The fraction of sp³-hybridized carbons (Fsp3) is 0.136. The molecule has 31 heavy (non-hydrogen) atoms. The van der Waals surface area contributed by atoms with Crippen molar-refractivity contribution in [2.75, 3.05) is 11.9 Å². The minimum absolute atomic E-state index is 0.194. The van der Waals surface area contributed by atoms with Gasteiger partial charge in [0.25, 0.3) is 5.56 Å². The van der Waals surface area contributed by atoms with Crippen molar-refractivity contribution in [3.05, 3.63) is 76.8 Å². The molecule has 0 fully saturated rings. The SMILES string of the molecule is CCOC(=O)c1ccc(NC(=O)Cn2cnc3c(-c4ccccc4)nsc3c2=O)cc1. The van der Waals surface area contributed by atoms with Crippen molar-refractivity contribution in [2.45, 2.75) is 13.5 Å². The molecule has 1 N–H and O–H groups in total. The molecule has 0 aliphatic heterocycles. The highest BCUT2D eigenvalue weighted by molar-refractivity contribution is 7.13. The Kier molecular flexibility index (Phi) is 5.85. The third-order valence-electron chi connectivity index (χ3n) is 4.49. The van der Waals surface area contributed by atoms with Gasteiger partial charge in [-0.2, -0.15) is 4.37 Å². The Morgan fingerprint density at radius 1 is 1.10 bits per heavy atom. The molecule has 0 radical (unpaired) electrons. The maximum atomic E-state index is 12.8. The average Bonchev–Trinajstić information content (AvgIpc) is 3.22. The van der Waals surface area contributed by atoms with Crippen molar-refractivity contribution in [1.82, 2.24) is 13.9 Å². The molecule has 0 unspecified atom stereocenters. The molecule has 0 saturated heterocycles. The summed E-state index contributed by atoms with van der Waals surface area (Å²) >= 11 is 1.07. The smallest absolute Gasteiger partial charge is 0.338 e. The molecule has 4 rings (SSSR count). The Labute approximate surface area is 181 Å². The number of anilines is 1. The normalized spacial score (nSPS) is 10.7. The second kappa shape index (κ2) is 8.88. The van der Waals surface area contributed by atoms with E-state index in [1.54, 1.807) is 31.2 Å². The lowest BCUT2D eigenvalue weighted by Crippen LogP contribution is -2.27. The number of fused-ring (bicyclic) bond motifs is 1. The van der Waals surface area contributed by atoms with E-state index in [0.29, 0.717) is 27.2 Å². The quantitative estimate of drug-likeness (QED) is 0.467. The first-order valence-corrected chi connectivity index (χ1v) is 10.3. The number of carbonyl (C=O) groups excluding carboxylic acids is 2. The van der Waals surface area contributed by atoms with Crippen molar-refractivity contribution < 1.29 is 14.3 Å². The molecule has 0 aliphatic carbocycles. The van der Waals surface area contributed by atoms with Crippen LogP contribution in [-0.4, -0.2) is 32.4 Å². The van der Waals surface area contributed by atoms with Crippen LogP contribution in [0.15, 0.2) is 65.7 Å². The fourth-order valence-electron chi connectivity index (χ4n) is 3.01. The minimum Gasteiger partial charge on any atom is -0.462 e. The fourth-order valence-corrected chi connectivity index (χ4v) is 3.82. The Balaban J connectivity index is 1.50. The summed E-state index contributed by atoms with van der Waals surface area (Å²) in [6, 6.07) is 15.8. The van der Waals surface area contributed by atoms with Gasteiger partial charge in [0.15, 0.2) is 0 Å². The summed E-state index contributed by atoms with van der Waals surface area (Å²) in [5, 5.41) is 2.70. The van der Waals surface area contributed by atoms with Gasteiger partial charge in [0, 0.05) is 11.3 Å². The molecule has 2 aromatic carbocycles. The van der Waals surface area contributed by atoms with Crippen LogP contribution in [0.3, 0.4) is 0 Å². The van der Waals surface area contributed by atoms with Gasteiger partial charge < -0.3 is 10.1 Å². The molecule has 0 atom stereocenters. The van der Waals surface area contributed by atoms with E-state index in [2.05, 4.69) is 14.7 Å². The van der Waals surface area contributed by atoms with Gasteiger partial charge in [-0.15, -0.1) is 0 Å². The Morgan fingerprint density at radius 2 is 1.84 bits per heavy atom. The number of benzene rings is 2. The van der Waals surface area contributed by atoms with Crippen LogP contribution in [0, 0.1) is 0 Å². The van der Waals surface area contributed by atoms with E-state index in [4.69, 9.17) is 4.74 Å². The van der Waals surface area contributed by atoms with Gasteiger partial charge >= 0.3 is 5.97 Å². The highest BCUT2D eigenvalue weighted by Crippen LogP contribution is 2.26. The number of nitrogens with zero attached hydrogens (tertiary/aromatic N) is 3. The lowest BCUT2D eigenvalue weighted by atomic mass is 10.1. The van der Waals surface area contributed by atoms with Crippen LogP contribution in [0.5, 0.6) is 0 Å². The van der Waals surface area contributed by atoms with Gasteiger partial charge in [-0.3, -0.25) is 14.2 Å². The van der Waals surface area contributed by atoms with Crippen LogP contribution in [0.2, 0.25) is 0 Å². The van der Waals surface area contributed by atoms with E-state index in [0.717, 1.165) is 17.1 Å². The van der Waals surface area contributed by atoms with Crippen molar-refractivity contribution in [1.29, 1.82) is 0 Å². The predicted octanol–water partition coefficient (Wildman–Crippen LogP) is 3.34. The van der Waals surface area contributed by atoms with E-state index in [9.17, 15) is 14.4 Å². The van der Waals surface area contributed by atoms with Gasteiger partial charge in [0.1, 0.15) is 22.5 Å². The molecule has 1 amide bonds. The summed E-state index contributed by atoms with van der Waals surface area (Å²) in [6.45, 7) is 1.83. The first-order valence-electron chi connectivity index (χ1n) is 9.54. The molecule has 0 bridgehead atoms. The summed E-state index contributed by atoms with van der Waals surface area (Å²) < 4.78 is 11.0. The lowest BCUT2D eigenvalue weighted by Gasteiger charge is -2.08. The predicted molar refractivity (Wildman–Crippen MR) is 118 cm³/mol. The Bertz CT molecular complexity index is 1300. The van der Waals surface area contributed by atoms with Crippen LogP contribution < -0.4 is 10.9 Å². The molecular formula is C22H18N4O4S. The topological polar surface area (TPSA) is 103 Å². The molecule has 2 heterocycles. The number of carbonyl (C=O) groups is 2. The summed E-state index contributed by atoms with van der Waals surface area (Å²) in [6.07, 6.45) is 1.36. The first kappa shape index (κ1) is 20.4. The molecule has 9 heteroatoms. The number of aromatic nitrogens is 3. The van der Waals surface area contributed by atoms with Crippen LogP contribution in [0.25, 0.3) is 21.5 Å². The number of rotatable bonds is 6. The van der Waals surface area contributed by atoms with E-state index in [1.807, 2.05) is 30.3 Å². The van der Waals surface area contributed by atoms with E-state index in [1.165, 1.54) is 10.9 Å². The standard InChI is InChI=1S/C22H18N4O4S/c1-2-30-22(29)15-8-10-16(11-9-15)24-17(27)12-26-13-23-19-18(14-6-4-3-5-7-14)25-31-20(19)21(26)28/h3-11,13H,2,12H2,1H3,(H,24,27). The molecular weight excluding hydrogens is 416 g/mol. The van der Waals surface area contributed by atoms with Crippen LogP contribution in [0.1, 0.15) is 17.3 Å². The second-order valence-electron chi connectivity index (χ2n) is 6.60. The zero-order chi connectivity index (χ0) is 21.8. The number of nitrogens with one attached hydrogen (secondary N) is 1. The summed E-state index contributed by atoms with van der Waals surface area (Å²) in [4.78, 5) is 41.3. The zero-order valence-electron chi connectivity index (χ0n) is 16.6. The van der Waals surface area contributed by atoms with E-state index in [-0.39, 0.29) is 24.6 Å². The zero-order valence-corrected chi connectivity index (χ0v) is 17.4. The maximum absolute atomic E-state index is 12.8. The third-order valence-corrected chi connectivity index (χ3v) is 5.31. The molecule has 0 saturated carbocycles. The molecule has 156 valence electrons. The summed E-state index contributed by atoms with van der Waals surface area (Å²) in [5.41, 5.74) is 2.62. The van der Waals surface area contributed by atoms with E-state index >= 15 is 0 Å². The van der Waals surface area contributed by atoms with Crippen molar-refractivity contribution >= 4 is 39.3 Å². The number of hydrogen-bond acceptors (Lipinski definition) is 7. The van der Waals surface area contributed by atoms with Gasteiger partial charge in [-0.25, -0.2) is 9.78 Å². The Morgan fingerprint density at radius 3 is 2.55 bits per heavy atom. The number of ether oxygens (including phenoxy) is 1. The van der Waals surface area contributed by atoms with Gasteiger partial charge in [-0.05, 0) is 42.7 Å². The van der Waals surface area contributed by atoms with Crippen molar-refractivity contribution in [3.8, 4) is 11.3 Å². The summed E-state index contributed by atoms with van der Waals surface area (Å²) in [7, 11) is 0. The van der Waals surface area contributed by atoms with Crippen LogP contribution in [0.4, 0.5) is 5.69 Å². The monoisotopic (exact) mass is 434 g/mol. The Hall–Kier alpha value is -3.85. The highest BCUT2D eigenvalue weighted by atomic mass is 32.1. The van der Waals surface area contributed by atoms with Gasteiger partial charge in [0.2, 0.25) is 5.91 Å². The highest BCUT2D eigenvalue weighted by Gasteiger charge is 2.15. The number of hydrogen-bond donors (Lipinski definition) is 1. The molecule has 0 aliphatic rings. The van der Waals surface area contributed by atoms with Crippen molar-refractivity contribution in [3.63, 3.8) is 0 Å². The van der Waals surface area contributed by atoms with E-state index < -0.39 is 5.97 Å². The first-order chi connectivity index (χ1) is 15.1. The van der Waals surface area contributed by atoms with Crippen LogP contribution >= 0.6 is 11.5 Å². The van der Waals surface area contributed by atoms with Gasteiger partial charge in [0.05, 0.1) is 18.5 Å². The van der Waals surface area contributed by atoms with Crippen molar-refractivity contribution in [2.24, 2.45) is 0 Å². The average molecular weight is 434 g/mol. The number of esters is 1. The minimum atomic E-state index is -0.425. The largest absolute Gasteiger partial charge is 0.462 e. The number of amides is 1. The van der Waals surface area contributed by atoms with Gasteiger partial charge in [-0.1, -0.05) is 30.3 Å². The maximum Gasteiger partial charge on any atom is 0.338 e. The second-order valence-corrected chi connectivity index (χ2v) is 7.37. The third kappa shape index (κ3) is 4.36. The summed E-state index contributed by atoms with van der Waals surface area (Å²) in [5.74, 6) is -0.814.